The summed E-state index contributed by atoms with van der Waals surface area (Å²) in [6.07, 6.45) is -3.99. The Labute approximate surface area is 258 Å². The number of esters is 3. The van der Waals surface area contributed by atoms with Crippen LogP contribution in [-0.4, -0.2) is 52.4 Å². The minimum Gasteiger partial charge on any atom is -0.459 e. The third kappa shape index (κ3) is 7.10. The van der Waals surface area contributed by atoms with E-state index < -0.39 is 60.3 Å². The highest BCUT2D eigenvalue weighted by Gasteiger charge is 2.51. The summed E-state index contributed by atoms with van der Waals surface area (Å²) in [5, 5.41) is 0. The van der Waals surface area contributed by atoms with E-state index in [4.69, 9.17) is 18.9 Å². The molecule has 1 aliphatic rings. The van der Waals surface area contributed by atoms with Gasteiger partial charge in [-0.25, -0.2) is 19.2 Å². The smallest absolute Gasteiger partial charge is 0.338 e. The Morgan fingerprint density at radius 2 is 1.13 bits per heavy atom. The Hall–Kier alpha value is -5.29. The van der Waals surface area contributed by atoms with Gasteiger partial charge in [-0.3, -0.25) is 14.3 Å². The molecular weight excluding hydrogens is 580 g/mol. The molecule has 1 fully saturated rings. The number of ether oxygens (including phenoxy) is 4. The number of benzene rings is 3. The molecule has 11 nitrogen and oxygen atoms in total. The lowest BCUT2D eigenvalue weighted by Crippen LogP contribution is -2.43. The molecule has 3 aromatic carbocycles. The number of aromatic amines is 1. The number of rotatable bonds is 8. The number of carbonyl (C=O) groups is 3. The van der Waals surface area contributed by atoms with Gasteiger partial charge in [-0.15, -0.1) is 0 Å². The van der Waals surface area contributed by atoms with Gasteiger partial charge in [-0.2, -0.15) is 0 Å². The van der Waals surface area contributed by atoms with Crippen molar-refractivity contribution in [1.82, 2.24) is 9.55 Å². The fourth-order valence-electron chi connectivity index (χ4n) is 4.80. The van der Waals surface area contributed by atoms with E-state index in [1.165, 1.54) is 13.1 Å². The Morgan fingerprint density at radius 1 is 0.689 bits per heavy atom. The van der Waals surface area contributed by atoms with Crippen LogP contribution in [0, 0.1) is 27.7 Å². The molecule has 1 N–H and O–H groups in total. The van der Waals surface area contributed by atoms with Crippen molar-refractivity contribution in [1.29, 1.82) is 0 Å². The van der Waals surface area contributed by atoms with Gasteiger partial charge in [0, 0.05) is 11.8 Å². The van der Waals surface area contributed by atoms with Crippen molar-refractivity contribution in [2.24, 2.45) is 0 Å². The van der Waals surface area contributed by atoms with Crippen LogP contribution in [0.3, 0.4) is 0 Å². The summed E-state index contributed by atoms with van der Waals surface area (Å²) in [4.78, 5) is 66.9. The van der Waals surface area contributed by atoms with E-state index in [1.54, 1.807) is 72.8 Å². The Balaban J connectivity index is 1.52. The van der Waals surface area contributed by atoms with Gasteiger partial charge in [0.25, 0.3) is 5.56 Å². The monoisotopic (exact) mass is 612 g/mol. The standard InChI is InChI=1S/C34H32N2O9/c1-19-5-11-23(12-6-19)31(38)42-18-26-27(44-32(39)24-13-7-20(2)8-14-24)28(45-33(40)25-15-9-21(3)10-16-25)30(43-26)36-17-22(4)29(37)35-34(36)41/h5-17,26-28,30H,18H2,1-4H3,(H,35,37,41)/t26-,27-,28+,30-/m1/s1. The van der Waals surface area contributed by atoms with Crippen LogP contribution in [0.15, 0.2) is 88.6 Å². The molecule has 1 aromatic heterocycles. The van der Waals surface area contributed by atoms with Gasteiger partial charge in [0.05, 0.1) is 16.7 Å². The molecule has 0 radical (unpaired) electrons. The molecular formula is C34H32N2O9. The maximum absolute atomic E-state index is 13.4. The quantitative estimate of drug-likeness (QED) is 0.231. The van der Waals surface area contributed by atoms with Crippen LogP contribution in [0.1, 0.15) is 59.6 Å². The van der Waals surface area contributed by atoms with Crippen LogP contribution in [0.25, 0.3) is 0 Å². The van der Waals surface area contributed by atoms with E-state index in [9.17, 15) is 24.0 Å². The van der Waals surface area contributed by atoms with E-state index in [2.05, 4.69) is 4.98 Å². The van der Waals surface area contributed by atoms with Crippen LogP contribution >= 0.6 is 0 Å². The minimum absolute atomic E-state index is 0.185. The van der Waals surface area contributed by atoms with Crippen LogP contribution in [0.4, 0.5) is 0 Å². The molecule has 45 heavy (non-hydrogen) atoms. The predicted octanol–water partition coefficient (Wildman–Crippen LogP) is 3.98. The van der Waals surface area contributed by atoms with Crippen molar-refractivity contribution in [2.45, 2.75) is 52.2 Å². The Kier molecular flexibility index (Phi) is 9.10. The third-order valence-electron chi connectivity index (χ3n) is 7.43. The van der Waals surface area contributed by atoms with Crippen molar-refractivity contribution < 1.29 is 33.3 Å². The Morgan fingerprint density at radius 3 is 1.62 bits per heavy atom. The first-order valence-corrected chi connectivity index (χ1v) is 14.3. The topological polar surface area (TPSA) is 143 Å². The molecule has 0 saturated carbocycles. The van der Waals surface area contributed by atoms with Crippen molar-refractivity contribution in [3.63, 3.8) is 0 Å². The van der Waals surface area contributed by atoms with Crippen LogP contribution in [0.5, 0.6) is 0 Å². The molecule has 0 bridgehead atoms. The lowest BCUT2D eigenvalue weighted by Gasteiger charge is -2.25. The highest BCUT2D eigenvalue weighted by atomic mass is 16.7. The molecule has 0 amide bonds. The highest BCUT2D eigenvalue weighted by Crippen LogP contribution is 2.35. The van der Waals surface area contributed by atoms with Crippen LogP contribution < -0.4 is 11.2 Å². The van der Waals surface area contributed by atoms with Gasteiger partial charge >= 0.3 is 23.6 Å². The lowest BCUT2D eigenvalue weighted by molar-refractivity contribution is -0.0640. The fraction of sp³-hybridized carbons (Fsp3) is 0.265. The average molecular weight is 613 g/mol. The van der Waals surface area contributed by atoms with Gasteiger partial charge < -0.3 is 18.9 Å². The first kappa shape index (κ1) is 31.1. The van der Waals surface area contributed by atoms with Gasteiger partial charge in [0.1, 0.15) is 12.7 Å². The molecule has 4 atom stereocenters. The second kappa shape index (κ2) is 13.1. The maximum Gasteiger partial charge on any atom is 0.338 e. The normalized spacial score (nSPS) is 19.1. The first-order valence-electron chi connectivity index (χ1n) is 14.3. The van der Waals surface area contributed by atoms with E-state index in [1.807, 2.05) is 20.8 Å². The number of H-pyrrole nitrogens is 1. The molecule has 2 heterocycles. The first-order chi connectivity index (χ1) is 21.5. The van der Waals surface area contributed by atoms with E-state index >= 15 is 0 Å². The van der Waals surface area contributed by atoms with E-state index in [-0.39, 0.29) is 22.3 Å². The fourth-order valence-corrected chi connectivity index (χ4v) is 4.80. The maximum atomic E-state index is 13.4. The zero-order valence-electron chi connectivity index (χ0n) is 25.1. The van der Waals surface area contributed by atoms with Crippen molar-refractivity contribution >= 4 is 17.9 Å². The van der Waals surface area contributed by atoms with E-state index in [0.29, 0.717) is 0 Å². The third-order valence-corrected chi connectivity index (χ3v) is 7.43. The van der Waals surface area contributed by atoms with Gasteiger partial charge in [0.15, 0.2) is 18.4 Å². The minimum atomic E-state index is -1.39. The molecule has 5 rings (SSSR count). The summed E-state index contributed by atoms with van der Waals surface area (Å²) in [6.45, 7) is 6.70. The van der Waals surface area contributed by atoms with Crippen LogP contribution in [0.2, 0.25) is 0 Å². The summed E-state index contributed by atoms with van der Waals surface area (Å²) >= 11 is 0. The summed E-state index contributed by atoms with van der Waals surface area (Å²) < 4.78 is 24.6. The van der Waals surface area contributed by atoms with Gasteiger partial charge in [0.2, 0.25) is 0 Å². The van der Waals surface area contributed by atoms with Crippen molar-refractivity contribution in [2.75, 3.05) is 6.61 Å². The molecule has 1 saturated heterocycles. The molecule has 232 valence electrons. The molecule has 0 aliphatic carbocycles. The molecule has 4 aromatic rings. The predicted molar refractivity (Wildman–Crippen MR) is 162 cm³/mol. The number of aromatic nitrogens is 2. The SMILES string of the molecule is Cc1ccc(C(=O)OC[C@H]2O[C@@H](n3cc(C)c(=O)[nH]c3=O)[C@@H](OC(=O)c3ccc(C)cc3)[C@@H]2OC(=O)c2ccc(C)cc2)cc1. The number of hydrogen-bond acceptors (Lipinski definition) is 9. The number of hydrogen-bond donors (Lipinski definition) is 1. The van der Waals surface area contributed by atoms with Gasteiger partial charge in [-0.1, -0.05) is 53.1 Å². The zero-order chi connectivity index (χ0) is 32.2. The summed E-state index contributed by atoms with van der Waals surface area (Å²) in [6, 6.07) is 20.0. The van der Waals surface area contributed by atoms with E-state index in [0.717, 1.165) is 21.3 Å². The van der Waals surface area contributed by atoms with Crippen molar-refractivity contribution in [3.8, 4) is 0 Å². The number of nitrogens with one attached hydrogen (secondary N) is 1. The summed E-state index contributed by atoms with van der Waals surface area (Å²) in [5.41, 5.74) is 2.26. The highest BCUT2D eigenvalue weighted by molar-refractivity contribution is 5.91. The number of nitrogens with zero attached hydrogens (tertiary/aromatic N) is 1. The van der Waals surface area contributed by atoms with Crippen LogP contribution in [-0.2, 0) is 18.9 Å². The molecule has 11 heteroatoms. The molecule has 0 spiro atoms. The average Bonchev–Trinajstić information content (AvgIpc) is 3.34. The van der Waals surface area contributed by atoms with Gasteiger partial charge in [-0.05, 0) is 64.1 Å². The van der Waals surface area contributed by atoms with Crippen molar-refractivity contribution in [3.05, 3.63) is 139 Å². The number of aryl methyl sites for hydroxylation is 4. The summed E-state index contributed by atoms with van der Waals surface area (Å²) in [7, 11) is 0. The molecule has 1 aliphatic heterocycles. The number of carbonyl (C=O) groups excluding carboxylic acids is 3. The molecule has 0 unspecified atom stereocenters. The second-order valence-corrected chi connectivity index (χ2v) is 11.0. The Bertz CT molecular complexity index is 1820. The zero-order valence-corrected chi connectivity index (χ0v) is 25.1. The second-order valence-electron chi connectivity index (χ2n) is 11.0. The summed E-state index contributed by atoms with van der Waals surface area (Å²) in [5.74, 6) is -2.17. The lowest BCUT2D eigenvalue weighted by atomic mass is 10.1. The largest absolute Gasteiger partial charge is 0.459 e.